The minimum atomic E-state index is -1.59. The zero-order valence-electron chi connectivity index (χ0n) is 31.9. The van der Waals surface area contributed by atoms with Gasteiger partial charge in [0.25, 0.3) is 0 Å². The molecule has 2 unspecified atom stereocenters. The highest BCUT2D eigenvalue weighted by molar-refractivity contribution is 5.70. The van der Waals surface area contributed by atoms with Gasteiger partial charge in [-0.2, -0.15) is 0 Å². The third-order valence-electron chi connectivity index (χ3n) is 9.74. The summed E-state index contributed by atoms with van der Waals surface area (Å²) in [6.07, 6.45) is 22.8. The molecule has 0 bridgehead atoms. The number of aliphatic hydroxyl groups is 4. The Morgan fingerprint density at radius 3 is 1.36 bits per heavy atom. The van der Waals surface area contributed by atoms with E-state index >= 15 is 0 Å². The summed E-state index contributed by atoms with van der Waals surface area (Å²) in [4.78, 5) is 25.1. The molecule has 0 saturated carbocycles. The highest BCUT2D eigenvalue weighted by atomic mass is 16.7. The first-order valence-electron chi connectivity index (χ1n) is 20.6. The van der Waals surface area contributed by atoms with Gasteiger partial charge in [-0.15, -0.1) is 0 Å². The second-order valence-corrected chi connectivity index (χ2v) is 14.5. The average molecular weight is 717 g/mol. The molecular weight excluding hydrogens is 640 g/mol. The van der Waals surface area contributed by atoms with Crippen LogP contribution in [0.2, 0.25) is 0 Å². The van der Waals surface area contributed by atoms with Gasteiger partial charge in [0.2, 0.25) is 0 Å². The van der Waals surface area contributed by atoms with E-state index in [2.05, 4.69) is 13.8 Å². The summed E-state index contributed by atoms with van der Waals surface area (Å²) in [6, 6.07) is 0. The molecule has 1 aliphatic rings. The molecule has 6 atom stereocenters. The predicted octanol–water partition coefficient (Wildman–Crippen LogP) is 7.83. The number of carbonyl (C=O) groups excluding carboxylic acids is 2. The Morgan fingerprint density at radius 1 is 0.540 bits per heavy atom. The molecule has 0 amide bonds. The summed E-state index contributed by atoms with van der Waals surface area (Å²) in [7, 11) is 0. The number of rotatable bonds is 34. The van der Waals surface area contributed by atoms with Crippen molar-refractivity contribution in [2.45, 2.75) is 224 Å². The van der Waals surface area contributed by atoms with Crippen LogP contribution in [0.1, 0.15) is 187 Å². The van der Waals surface area contributed by atoms with E-state index in [0.29, 0.717) is 6.42 Å². The van der Waals surface area contributed by atoms with Gasteiger partial charge >= 0.3 is 11.9 Å². The van der Waals surface area contributed by atoms with E-state index in [0.717, 1.165) is 38.5 Å². The Morgan fingerprint density at radius 2 is 0.940 bits per heavy atom. The largest absolute Gasteiger partial charge is 0.462 e. The average Bonchev–Trinajstić information content (AvgIpc) is 3.11. The van der Waals surface area contributed by atoms with Crippen molar-refractivity contribution in [1.29, 1.82) is 0 Å². The molecule has 0 aromatic rings. The van der Waals surface area contributed by atoms with Gasteiger partial charge in [0.15, 0.2) is 12.4 Å². The monoisotopic (exact) mass is 717 g/mol. The number of aliphatic hydroxyl groups excluding tert-OH is 4. The first-order valence-corrected chi connectivity index (χ1v) is 20.6. The molecule has 1 saturated heterocycles. The van der Waals surface area contributed by atoms with Gasteiger partial charge in [-0.25, -0.2) is 0 Å². The lowest BCUT2D eigenvalue weighted by Crippen LogP contribution is -2.59. The van der Waals surface area contributed by atoms with E-state index in [9.17, 15) is 30.0 Å². The highest BCUT2D eigenvalue weighted by Crippen LogP contribution is 2.23. The molecule has 0 aromatic carbocycles. The Bertz CT molecular complexity index is 794. The highest BCUT2D eigenvalue weighted by Gasteiger charge is 2.44. The minimum absolute atomic E-state index is 0.210. The SMILES string of the molecule is CCCCCCCCCCCCCCCCCCCCC(=O)OC[C@@H](CO[C@H]1O[C@@H](CO)[C@@H](O)C(O)C1O)OC(=O)CCCCCCCCC. The van der Waals surface area contributed by atoms with Crippen molar-refractivity contribution in [2.75, 3.05) is 19.8 Å². The van der Waals surface area contributed by atoms with Crippen LogP contribution in [-0.4, -0.2) is 89.0 Å². The number of hydrogen-bond acceptors (Lipinski definition) is 10. The Hall–Kier alpha value is -1.30. The van der Waals surface area contributed by atoms with Gasteiger partial charge in [-0.1, -0.05) is 162 Å². The fourth-order valence-corrected chi connectivity index (χ4v) is 6.42. The van der Waals surface area contributed by atoms with Crippen molar-refractivity contribution in [1.82, 2.24) is 0 Å². The van der Waals surface area contributed by atoms with Gasteiger partial charge < -0.3 is 39.4 Å². The van der Waals surface area contributed by atoms with Crippen molar-refractivity contribution in [3.05, 3.63) is 0 Å². The van der Waals surface area contributed by atoms with Crippen LogP contribution in [-0.2, 0) is 28.5 Å². The van der Waals surface area contributed by atoms with Crippen LogP contribution in [0.4, 0.5) is 0 Å². The van der Waals surface area contributed by atoms with E-state index in [1.807, 2.05) is 0 Å². The summed E-state index contributed by atoms with van der Waals surface area (Å²) in [5.41, 5.74) is 0. The fourth-order valence-electron chi connectivity index (χ4n) is 6.42. The van der Waals surface area contributed by atoms with E-state index in [1.165, 1.54) is 116 Å². The predicted molar refractivity (Wildman–Crippen MR) is 197 cm³/mol. The van der Waals surface area contributed by atoms with Crippen molar-refractivity contribution < 1.29 is 49.0 Å². The zero-order valence-corrected chi connectivity index (χ0v) is 31.9. The second-order valence-electron chi connectivity index (χ2n) is 14.5. The van der Waals surface area contributed by atoms with Gasteiger partial charge in [-0.05, 0) is 12.8 Å². The molecule has 10 heteroatoms. The van der Waals surface area contributed by atoms with Crippen LogP contribution in [0.5, 0.6) is 0 Å². The fraction of sp³-hybridized carbons (Fsp3) is 0.950. The number of unbranched alkanes of at least 4 members (excludes halogenated alkanes) is 23. The normalized spacial score (nSPS) is 21.3. The van der Waals surface area contributed by atoms with Gasteiger partial charge in [0, 0.05) is 12.8 Å². The van der Waals surface area contributed by atoms with E-state index < -0.39 is 49.4 Å². The summed E-state index contributed by atoms with van der Waals surface area (Å²) in [5, 5.41) is 39.8. The van der Waals surface area contributed by atoms with Crippen molar-refractivity contribution in [2.24, 2.45) is 0 Å². The second kappa shape index (κ2) is 32.4. The maximum Gasteiger partial charge on any atom is 0.306 e. The van der Waals surface area contributed by atoms with Crippen LogP contribution < -0.4 is 0 Å². The molecule has 1 aliphatic heterocycles. The molecule has 50 heavy (non-hydrogen) atoms. The third-order valence-corrected chi connectivity index (χ3v) is 9.74. The van der Waals surface area contributed by atoms with Crippen LogP contribution in [0.15, 0.2) is 0 Å². The summed E-state index contributed by atoms with van der Waals surface area (Å²) < 4.78 is 22.0. The van der Waals surface area contributed by atoms with E-state index in [1.54, 1.807) is 0 Å². The lowest BCUT2D eigenvalue weighted by atomic mass is 9.99. The van der Waals surface area contributed by atoms with Crippen molar-refractivity contribution in [3.8, 4) is 0 Å². The Balaban J connectivity index is 2.26. The lowest BCUT2D eigenvalue weighted by Gasteiger charge is -2.39. The topological polar surface area (TPSA) is 152 Å². The summed E-state index contributed by atoms with van der Waals surface area (Å²) in [6.45, 7) is 3.38. The van der Waals surface area contributed by atoms with Gasteiger partial charge in [0.05, 0.1) is 13.2 Å². The van der Waals surface area contributed by atoms with Crippen LogP contribution >= 0.6 is 0 Å². The molecular formula is C40H76O10. The number of carbonyl (C=O) groups is 2. The number of esters is 2. The maximum atomic E-state index is 12.6. The molecule has 10 nitrogen and oxygen atoms in total. The van der Waals surface area contributed by atoms with E-state index in [4.69, 9.17) is 18.9 Å². The first kappa shape index (κ1) is 46.7. The molecule has 4 N–H and O–H groups in total. The molecule has 0 aliphatic carbocycles. The van der Waals surface area contributed by atoms with Crippen molar-refractivity contribution in [3.63, 3.8) is 0 Å². The van der Waals surface area contributed by atoms with Crippen LogP contribution in [0, 0.1) is 0 Å². The molecule has 0 radical (unpaired) electrons. The van der Waals surface area contributed by atoms with Crippen LogP contribution in [0.25, 0.3) is 0 Å². The van der Waals surface area contributed by atoms with Gasteiger partial charge in [-0.3, -0.25) is 9.59 Å². The lowest BCUT2D eigenvalue weighted by molar-refractivity contribution is -0.305. The van der Waals surface area contributed by atoms with Crippen LogP contribution in [0.3, 0.4) is 0 Å². The molecule has 0 aromatic heterocycles. The molecule has 1 heterocycles. The Kier molecular flexibility index (Phi) is 30.2. The molecule has 0 spiro atoms. The number of ether oxygens (including phenoxy) is 4. The van der Waals surface area contributed by atoms with Crippen molar-refractivity contribution >= 4 is 11.9 Å². The van der Waals surface area contributed by atoms with E-state index in [-0.39, 0.29) is 32.0 Å². The Labute approximate surface area is 304 Å². The minimum Gasteiger partial charge on any atom is -0.462 e. The summed E-state index contributed by atoms with van der Waals surface area (Å²) in [5.74, 6) is -0.803. The smallest absolute Gasteiger partial charge is 0.306 e. The quantitative estimate of drug-likeness (QED) is 0.0383. The molecule has 1 rings (SSSR count). The first-order chi connectivity index (χ1) is 24.3. The molecule has 1 fully saturated rings. The standard InChI is InChI=1S/C40H76O10/c1-3-5-7-9-11-12-13-14-15-16-17-18-19-20-21-23-24-26-28-35(42)47-31-33(49-36(43)29-27-25-22-10-8-6-4-2)32-48-40-39(46)38(45)37(44)34(30-41)50-40/h33-34,37-41,44-46H,3-32H2,1-2H3/t33-,34-,37+,38?,39?,40-/m0/s1. The summed E-state index contributed by atoms with van der Waals surface area (Å²) >= 11 is 0. The van der Waals surface area contributed by atoms with Gasteiger partial charge in [0.1, 0.15) is 31.0 Å². The molecule has 296 valence electrons. The zero-order chi connectivity index (χ0) is 36.7. The maximum absolute atomic E-state index is 12.6. The number of hydrogen-bond donors (Lipinski definition) is 4. The third kappa shape index (κ3) is 24.0.